The second-order valence-corrected chi connectivity index (χ2v) is 7.54. The average Bonchev–Trinajstić information content (AvgIpc) is 2.67. The molecule has 2 N–H and O–H groups in total. The summed E-state index contributed by atoms with van der Waals surface area (Å²) in [5.74, 6) is 0.0173. The highest BCUT2D eigenvalue weighted by Gasteiger charge is 2.23. The minimum atomic E-state index is -3.25. The summed E-state index contributed by atoms with van der Waals surface area (Å²) in [7, 11) is -3.25. The van der Waals surface area contributed by atoms with Gasteiger partial charge in [-0.25, -0.2) is 12.7 Å². The Balaban J connectivity index is 2.14. The SMILES string of the molecule is NC(=S)c1cccc(CS(=O)(=O)N2CCCCCC2)c1. The van der Waals surface area contributed by atoms with Gasteiger partial charge in [-0.3, -0.25) is 0 Å². The van der Waals surface area contributed by atoms with Gasteiger partial charge >= 0.3 is 0 Å². The third-order valence-electron chi connectivity index (χ3n) is 3.52. The second kappa shape index (κ2) is 6.65. The minimum absolute atomic E-state index is 0.0173. The number of thiocarbonyl (C=S) groups is 1. The monoisotopic (exact) mass is 312 g/mol. The zero-order valence-electron chi connectivity index (χ0n) is 11.4. The van der Waals surface area contributed by atoms with E-state index in [-0.39, 0.29) is 5.75 Å². The molecule has 0 saturated carbocycles. The van der Waals surface area contributed by atoms with Crippen molar-refractivity contribution in [2.24, 2.45) is 5.73 Å². The Bertz CT molecular complexity index is 577. The highest BCUT2D eigenvalue weighted by molar-refractivity contribution is 7.88. The zero-order valence-corrected chi connectivity index (χ0v) is 13.0. The predicted octanol–water partition coefficient (Wildman–Crippen LogP) is 2.03. The molecule has 0 spiro atoms. The van der Waals surface area contributed by atoms with Crippen LogP contribution in [0.1, 0.15) is 36.8 Å². The van der Waals surface area contributed by atoms with Gasteiger partial charge in [-0.05, 0) is 24.5 Å². The Labute approximate surface area is 126 Å². The summed E-state index contributed by atoms with van der Waals surface area (Å²) in [6, 6.07) is 7.15. The standard InChI is InChI=1S/C14H20N2O2S2/c15-14(19)13-7-5-6-12(10-13)11-20(17,18)16-8-3-1-2-4-9-16/h5-7,10H,1-4,8-9,11H2,(H2,15,19). The van der Waals surface area contributed by atoms with Crippen molar-refractivity contribution in [3.05, 3.63) is 35.4 Å². The molecule has 110 valence electrons. The summed E-state index contributed by atoms with van der Waals surface area (Å²) in [5, 5.41) is 0. The number of rotatable bonds is 4. The molecule has 0 aromatic heterocycles. The van der Waals surface area contributed by atoms with Gasteiger partial charge in [0, 0.05) is 18.7 Å². The molecule has 1 aliphatic rings. The Morgan fingerprint density at radius 3 is 2.45 bits per heavy atom. The van der Waals surface area contributed by atoms with Gasteiger partial charge in [0.2, 0.25) is 10.0 Å². The first-order chi connectivity index (χ1) is 9.49. The summed E-state index contributed by atoms with van der Waals surface area (Å²) in [4.78, 5) is 0.291. The Morgan fingerprint density at radius 2 is 1.85 bits per heavy atom. The molecule has 6 heteroatoms. The largest absolute Gasteiger partial charge is 0.389 e. The molecule has 1 heterocycles. The topological polar surface area (TPSA) is 63.4 Å². The van der Waals surface area contributed by atoms with Crippen molar-refractivity contribution in [2.75, 3.05) is 13.1 Å². The van der Waals surface area contributed by atoms with Crippen molar-refractivity contribution in [3.8, 4) is 0 Å². The van der Waals surface area contributed by atoms with Gasteiger partial charge < -0.3 is 5.73 Å². The maximum absolute atomic E-state index is 12.5. The molecule has 0 radical (unpaired) electrons. The minimum Gasteiger partial charge on any atom is -0.389 e. The third-order valence-corrected chi connectivity index (χ3v) is 5.60. The molecular formula is C14H20N2O2S2. The van der Waals surface area contributed by atoms with E-state index in [1.807, 2.05) is 0 Å². The van der Waals surface area contributed by atoms with E-state index < -0.39 is 10.0 Å². The molecule has 0 bridgehead atoms. The Hall–Kier alpha value is -0.980. The van der Waals surface area contributed by atoms with Gasteiger partial charge in [-0.15, -0.1) is 0 Å². The summed E-state index contributed by atoms with van der Waals surface area (Å²) >= 11 is 4.92. The Kier molecular flexibility index (Phi) is 5.12. The zero-order chi connectivity index (χ0) is 14.6. The highest BCUT2D eigenvalue weighted by atomic mass is 32.2. The smallest absolute Gasteiger partial charge is 0.218 e. The lowest BCUT2D eigenvalue weighted by molar-refractivity contribution is 0.423. The van der Waals surface area contributed by atoms with Gasteiger partial charge in [-0.2, -0.15) is 0 Å². The first-order valence-corrected chi connectivity index (χ1v) is 8.87. The van der Waals surface area contributed by atoms with Crippen molar-refractivity contribution < 1.29 is 8.42 Å². The van der Waals surface area contributed by atoms with Gasteiger partial charge in [0.05, 0.1) is 5.75 Å². The first-order valence-electron chi connectivity index (χ1n) is 6.85. The van der Waals surface area contributed by atoms with Crippen LogP contribution in [0.15, 0.2) is 24.3 Å². The maximum Gasteiger partial charge on any atom is 0.218 e. The number of hydrogen-bond donors (Lipinski definition) is 1. The molecule has 1 aromatic carbocycles. The molecule has 1 saturated heterocycles. The highest BCUT2D eigenvalue weighted by Crippen LogP contribution is 2.17. The molecule has 4 nitrogen and oxygen atoms in total. The summed E-state index contributed by atoms with van der Waals surface area (Å²) in [6.07, 6.45) is 4.13. The van der Waals surface area contributed by atoms with E-state index in [1.54, 1.807) is 28.6 Å². The van der Waals surface area contributed by atoms with Crippen LogP contribution in [-0.2, 0) is 15.8 Å². The molecular weight excluding hydrogens is 292 g/mol. The van der Waals surface area contributed by atoms with Crippen molar-refractivity contribution >= 4 is 27.2 Å². The summed E-state index contributed by atoms with van der Waals surface area (Å²) in [5.41, 5.74) is 7.03. The fourth-order valence-electron chi connectivity index (χ4n) is 2.44. The van der Waals surface area contributed by atoms with Crippen LogP contribution in [0.2, 0.25) is 0 Å². The van der Waals surface area contributed by atoms with E-state index in [4.69, 9.17) is 18.0 Å². The number of nitrogens with two attached hydrogens (primary N) is 1. The molecule has 0 unspecified atom stereocenters. The molecule has 20 heavy (non-hydrogen) atoms. The fourth-order valence-corrected chi connectivity index (χ4v) is 4.16. The first kappa shape index (κ1) is 15.4. The molecule has 0 aliphatic carbocycles. The molecule has 1 fully saturated rings. The van der Waals surface area contributed by atoms with Crippen LogP contribution in [0.4, 0.5) is 0 Å². The van der Waals surface area contributed by atoms with Gasteiger partial charge in [0.25, 0.3) is 0 Å². The number of benzene rings is 1. The van der Waals surface area contributed by atoms with E-state index in [0.29, 0.717) is 23.6 Å². The van der Waals surface area contributed by atoms with Crippen molar-refractivity contribution in [2.45, 2.75) is 31.4 Å². The molecule has 0 atom stereocenters. The van der Waals surface area contributed by atoms with Crippen LogP contribution in [0.5, 0.6) is 0 Å². The number of hydrogen-bond acceptors (Lipinski definition) is 3. The van der Waals surface area contributed by atoms with Crippen LogP contribution < -0.4 is 5.73 Å². The molecule has 0 amide bonds. The van der Waals surface area contributed by atoms with Crippen molar-refractivity contribution in [3.63, 3.8) is 0 Å². The van der Waals surface area contributed by atoms with Crippen molar-refractivity contribution in [1.82, 2.24) is 4.31 Å². The van der Waals surface area contributed by atoms with Crippen LogP contribution in [0.25, 0.3) is 0 Å². The van der Waals surface area contributed by atoms with Crippen LogP contribution >= 0.6 is 12.2 Å². The fraction of sp³-hybridized carbons (Fsp3) is 0.500. The Morgan fingerprint density at radius 1 is 1.20 bits per heavy atom. The van der Waals surface area contributed by atoms with E-state index in [9.17, 15) is 8.42 Å². The lowest BCUT2D eigenvalue weighted by Gasteiger charge is -2.20. The van der Waals surface area contributed by atoms with Crippen LogP contribution in [0.3, 0.4) is 0 Å². The van der Waals surface area contributed by atoms with Gasteiger partial charge in [-0.1, -0.05) is 43.3 Å². The summed E-state index contributed by atoms with van der Waals surface area (Å²) in [6.45, 7) is 1.27. The maximum atomic E-state index is 12.5. The van der Waals surface area contributed by atoms with Crippen LogP contribution in [-0.4, -0.2) is 30.8 Å². The lowest BCUT2D eigenvalue weighted by atomic mass is 10.1. The quantitative estimate of drug-likeness (QED) is 0.864. The molecule has 1 aromatic rings. The second-order valence-electron chi connectivity index (χ2n) is 5.13. The third kappa shape index (κ3) is 4.01. The number of sulfonamides is 1. The van der Waals surface area contributed by atoms with E-state index >= 15 is 0 Å². The van der Waals surface area contributed by atoms with Crippen molar-refractivity contribution in [1.29, 1.82) is 0 Å². The van der Waals surface area contributed by atoms with Gasteiger partial charge in [0.15, 0.2) is 0 Å². The predicted molar refractivity (Wildman–Crippen MR) is 85.0 cm³/mol. The normalized spacial score (nSPS) is 17.6. The number of nitrogens with zero attached hydrogens (tertiary/aromatic N) is 1. The molecule has 2 rings (SSSR count). The van der Waals surface area contributed by atoms with E-state index in [2.05, 4.69) is 0 Å². The van der Waals surface area contributed by atoms with E-state index in [0.717, 1.165) is 31.2 Å². The van der Waals surface area contributed by atoms with Crippen LogP contribution in [0, 0.1) is 0 Å². The summed E-state index contributed by atoms with van der Waals surface area (Å²) < 4.78 is 26.5. The van der Waals surface area contributed by atoms with E-state index in [1.165, 1.54) is 0 Å². The molecule has 1 aliphatic heterocycles. The van der Waals surface area contributed by atoms with Gasteiger partial charge in [0.1, 0.15) is 4.99 Å². The average molecular weight is 312 g/mol. The lowest BCUT2D eigenvalue weighted by Crippen LogP contribution is -2.33.